The van der Waals surface area contributed by atoms with E-state index >= 15 is 0 Å². The molecule has 1 rings (SSSR count). The zero-order chi connectivity index (χ0) is 13.3. The molecule has 0 saturated heterocycles. The van der Waals surface area contributed by atoms with Crippen molar-refractivity contribution in [3.05, 3.63) is 37.2 Å². The summed E-state index contributed by atoms with van der Waals surface area (Å²) in [4.78, 5) is 24.4. The van der Waals surface area contributed by atoms with Crippen molar-refractivity contribution >= 4 is 11.9 Å². The van der Waals surface area contributed by atoms with Crippen LogP contribution in [-0.4, -0.2) is 48.1 Å². The molecule has 3 amide bonds. The first kappa shape index (κ1) is 13.3. The normalized spacial score (nSPS) is 33.2. The molecule has 17 heavy (non-hydrogen) atoms. The van der Waals surface area contributed by atoms with Crippen molar-refractivity contribution in [2.75, 3.05) is 27.2 Å². The molecule has 0 fully saturated rings. The molecule has 2 N–H and O–H groups in total. The van der Waals surface area contributed by atoms with Gasteiger partial charge in [0.1, 0.15) is 19.2 Å². The van der Waals surface area contributed by atoms with Gasteiger partial charge in [-0.1, -0.05) is 13.2 Å². The molecule has 0 spiro atoms. The van der Waals surface area contributed by atoms with Crippen molar-refractivity contribution in [1.82, 2.24) is 0 Å². The first-order valence-corrected chi connectivity index (χ1v) is 5.33. The Morgan fingerprint density at radius 2 is 1.65 bits per heavy atom. The minimum Gasteiger partial charge on any atom is -0.354 e. The molecular formula is C12H19N3O2+2. The summed E-state index contributed by atoms with van der Waals surface area (Å²) < 4.78 is -0.464. The molecule has 0 aromatic carbocycles. The monoisotopic (exact) mass is 237 g/mol. The van der Waals surface area contributed by atoms with E-state index in [1.165, 1.54) is 6.08 Å². The van der Waals surface area contributed by atoms with Crippen molar-refractivity contribution in [2.45, 2.75) is 0 Å². The van der Waals surface area contributed by atoms with E-state index in [4.69, 9.17) is 5.73 Å². The maximum Gasteiger partial charge on any atom is 0.528 e. The molecular weight excluding hydrogens is 218 g/mol. The van der Waals surface area contributed by atoms with Crippen molar-refractivity contribution < 1.29 is 18.6 Å². The average Bonchev–Trinajstić information content (AvgIpc) is 2.26. The molecule has 5 nitrogen and oxygen atoms in total. The van der Waals surface area contributed by atoms with E-state index in [0.717, 1.165) is 0 Å². The molecule has 5 heteroatoms. The Labute approximate surface area is 101 Å². The minimum atomic E-state index is -0.339. The van der Waals surface area contributed by atoms with Crippen LogP contribution in [0.25, 0.3) is 0 Å². The molecule has 0 bridgehead atoms. The lowest BCUT2D eigenvalue weighted by Crippen LogP contribution is -2.69. The smallest absolute Gasteiger partial charge is 0.354 e. The molecule has 1 aliphatic heterocycles. The standard InChI is InChI=1S/C12H18N3O2/c1-5-7-14(3)10(13)9-11(16)15(4,8-6-2)12(14)17/h5-6,9H,1-2,7-8H2,3-4H3,(H-,13,16)/q+1/p+1. The summed E-state index contributed by atoms with van der Waals surface area (Å²) in [6, 6.07) is -0.269. The molecule has 0 aromatic rings. The number of quaternary nitrogens is 2. The van der Waals surface area contributed by atoms with Crippen molar-refractivity contribution in [2.24, 2.45) is 5.73 Å². The van der Waals surface area contributed by atoms with Gasteiger partial charge in [0.05, 0.1) is 14.1 Å². The fourth-order valence-electron chi connectivity index (χ4n) is 1.97. The number of amides is 3. The number of carbonyl (C=O) groups is 2. The molecule has 0 saturated carbocycles. The number of likely N-dealkylation sites (N-methyl/N-ethyl adjacent to an activating group) is 2. The first-order valence-electron chi connectivity index (χ1n) is 5.33. The Morgan fingerprint density at radius 1 is 1.18 bits per heavy atom. The van der Waals surface area contributed by atoms with Crippen molar-refractivity contribution in [1.29, 1.82) is 0 Å². The number of urea groups is 1. The average molecular weight is 237 g/mol. The summed E-state index contributed by atoms with van der Waals surface area (Å²) in [5.41, 5.74) is 5.81. The first-order chi connectivity index (χ1) is 7.82. The predicted octanol–water partition coefficient (Wildman–Crippen LogP) is 0.712. The fourth-order valence-corrected chi connectivity index (χ4v) is 1.97. The lowest BCUT2D eigenvalue weighted by atomic mass is 10.2. The highest BCUT2D eigenvalue weighted by Gasteiger charge is 2.56. The van der Waals surface area contributed by atoms with E-state index in [-0.39, 0.29) is 33.3 Å². The Bertz CT molecular complexity index is 427. The third kappa shape index (κ3) is 1.83. The molecule has 2 unspecified atom stereocenters. The molecule has 1 aliphatic rings. The zero-order valence-corrected chi connectivity index (χ0v) is 10.3. The Morgan fingerprint density at radius 3 is 2.12 bits per heavy atom. The van der Waals surface area contributed by atoms with Crippen LogP contribution in [-0.2, 0) is 4.79 Å². The highest BCUT2D eigenvalue weighted by atomic mass is 16.2. The highest BCUT2D eigenvalue weighted by molar-refractivity contribution is 5.91. The maximum absolute atomic E-state index is 12.5. The van der Waals surface area contributed by atoms with Gasteiger partial charge in [-0.2, -0.15) is 9.28 Å². The van der Waals surface area contributed by atoms with E-state index in [2.05, 4.69) is 13.2 Å². The lowest BCUT2D eigenvalue weighted by molar-refractivity contribution is -0.900. The topological polar surface area (TPSA) is 60.2 Å². The second kappa shape index (κ2) is 4.27. The minimum absolute atomic E-state index is 0.125. The van der Waals surface area contributed by atoms with Gasteiger partial charge in [0.15, 0.2) is 0 Å². The van der Waals surface area contributed by atoms with Gasteiger partial charge in [0.25, 0.3) is 0 Å². The SMILES string of the molecule is C=CC[N+]1(C)C(=O)C=C(N)[N+](C)(CC=C)C1=O. The third-order valence-corrected chi connectivity index (χ3v) is 3.16. The molecule has 0 aliphatic carbocycles. The van der Waals surface area contributed by atoms with Gasteiger partial charge in [0, 0.05) is 0 Å². The Hall–Kier alpha value is -1.72. The van der Waals surface area contributed by atoms with E-state index in [0.29, 0.717) is 6.54 Å². The summed E-state index contributed by atoms with van der Waals surface area (Å²) in [7, 11) is 3.26. The van der Waals surface area contributed by atoms with E-state index in [1.54, 1.807) is 26.2 Å². The van der Waals surface area contributed by atoms with Crippen molar-refractivity contribution in [3.8, 4) is 0 Å². The van der Waals surface area contributed by atoms with Crippen LogP contribution >= 0.6 is 0 Å². The molecule has 2 atom stereocenters. The van der Waals surface area contributed by atoms with Gasteiger partial charge in [-0.25, -0.2) is 4.79 Å². The predicted molar refractivity (Wildman–Crippen MR) is 65.2 cm³/mol. The fraction of sp³-hybridized carbons (Fsp3) is 0.333. The van der Waals surface area contributed by atoms with Gasteiger partial charge in [-0.15, -0.1) is 4.48 Å². The summed E-state index contributed by atoms with van der Waals surface area (Å²) >= 11 is 0. The number of nitrogens with two attached hydrogens (primary N) is 1. The summed E-state index contributed by atoms with van der Waals surface area (Å²) in [6.45, 7) is 7.82. The Balaban J connectivity index is 3.34. The van der Waals surface area contributed by atoms with Crippen LogP contribution < -0.4 is 5.73 Å². The van der Waals surface area contributed by atoms with Crippen LogP contribution in [0.3, 0.4) is 0 Å². The van der Waals surface area contributed by atoms with Crippen LogP contribution in [0.5, 0.6) is 0 Å². The van der Waals surface area contributed by atoms with E-state index < -0.39 is 0 Å². The van der Waals surface area contributed by atoms with Gasteiger partial charge in [0.2, 0.25) is 5.82 Å². The van der Waals surface area contributed by atoms with E-state index in [9.17, 15) is 9.59 Å². The van der Waals surface area contributed by atoms with Gasteiger partial charge in [-0.05, 0) is 12.2 Å². The van der Waals surface area contributed by atoms with Crippen molar-refractivity contribution in [3.63, 3.8) is 0 Å². The lowest BCUT2D eigenvalue weighted by Gasteiger charge is -2.38. The van der Waals surface area contributed by atoms with Crippen LogP contribution in [0.2, 0.25) is 0 Å². The number of nitrogens with zero attached hydrogens (tertiary/aromatic N) is 2. The third-order valence-electron chi connectivity index (χ3n) is 3.16. The zero-order valence-electron chi connectivity index (χ0n) is 10.3. The molecule has 0 aromatic heterocycles. The number of rotatable bonds is 4. The summed E-state index contributed by atoms with van der Waals surface area (Å²) in [5, 5.41) is 0. The Kier molecular flexibility index (Phi) is 3.35. The maximum atomic E-state index is 12.5. The second-order valence-corrected chi connectivity index (χ2v) is 4.52. The number of carbonyl (C=O) groups excluding carboxylic acids is 2. The molecule has 0 radical (unpaired) electrons. The molecule has 92 valence electrons. The largest absolute Gasteiger partial charge is 0.528 e. The summed E-state index contributed by atoms with van der Waals surface area (Å²) in [6.07, 6.45) is 4.50. The van der Waals surface area contributed by atoms with Crippen LogP contribution in [0, 0.1) is 0 Å². The van der Waals surface area contributed by atoms with Gasteiger partial charge in [-0.3, -0.25) is 0 Å². The summed E-state index contributed by atoms with van der Waals surface area (Å²) in [5.74, 6) is -0.0633. The van der Waals surface area contributed by atoms with Crippen LogP contribution in [0.4, 0.5) is 4.79 Å². The number of imide groups is 1. The number of hydrogen-bond acceptors (Lipinski definition) is 3. The quantitative estimate of drug-likeness (QED) is 0.578. The van der Waals surface area contributed by atoms with E-state index in [1.807, 2.05) is 0 Å². The molecule has 1 heterocycles. The number of hydrogen-bond donors (Lipinski definition) is 1. The van der Waals surface area contributed by atoms with Gasteiger partial charge < -0.3 is 5.73 Å². The van der Waals surface area contributed by atoms with Gasteiger partial charge >= 0.3 is 11.9 Å². The van der Waals surface area contributed by atoms with Crippen LogP contribution in [0.15, 0.2) is 37.2 Å². The second-order valence-electron chi connectivity index (χ2n) is 4.52. The van der Waals surface area contributed by atoms with Crippen LogP contribution in [0.1, 0.15) is 0 Å². The highest BCUT2D eigenvalue weighted by Crippen LogP contribution is 2.25.